The molecule has 1 aromatic rings. The predicted molar refractivity (Wildman–Crippen MR) is 78.5 cm³/mol. The van der Waals surface area contributed by atoms with Crippen LogP contribution in [-0.4, -0.2) is 33.8 Å². The van der Waals surface area contributed by atoms with E-state index in [0.717, 1.165) is 5.56 Å². The van der Waals surface area contributed by atoms with Gasteiger partial charge in [0, 0.05) is 6.54 Å². The van der Waals surface area contributed by atoms with Crippen LogP contribution >= 0.6 is 0 Å². The summed E-state index contributed by atoms with van der Waals surface area (Å²) in [6, 6.07) is 8.42. The Hall–Kier alpha value is -2.08. The van der Waals surface area contributed by atoms with Gasteiger partial charge in [-0.2, -0.15) is 0 Å². The number of carbonyl (C=O) groups is 2. The minimum Gasteiger partial charge on any atom is -0.480 e. The summed E-state index contributed by atoms with van der Waals surface area (Å²) < 4.78 is 5.15. The molecular formula is C15H22N2O4. The van der Waals surface area contributed by atoms with Crippen LogP contribution in [0.25, 0.3) is 0 Å². The quantitative estimate of drug-likeness (QED) is 0.815. The average Bonchev–Trinajstić information content (AvgIpc) is 2.36. The molecule has 1 rings (SSSR count). The van der Waals surface area contributed by atoms with Gasteiger partial charge in [-0.15, -0.1) is 0 Å². The van der Waals surface area contributed by atoms with Crippen molar-refractivity contribution in [3.63, 3.8) is 0 Å². The molecule has 21 heavy (non-hydrogen) atoms. The molecular weight excluding hydrogens is 272 g/mol. The Morgan fingerprint density at radius 1 is 1.29 bits per heavy atom. The monoisotopic (exact) mass is 294 g/mol. The van der Waals surface area contributed by atoms with E-state index in [9.17, 15) is 9.59 Å². The lowest BCUT2D eigenvalue weighted by Gasteiger charge is -2.28. The Labute approximate surface area is 124 Å². The van der Waals surface area contributed by atoms with Crippen molar-refractivity contribution in [2.24, 2.45) is 0 Å². The first kappa shape index (κ1) is 17.0. The number of hydrogen-bond acceptors (Lipinski definition) is 4. The fraction of sp³-hybridized carbons (Fsp3) is 0.467. The molecule has 1 atom stereocenters. The van der Waals surface area contributed by atoms with Crippen molar-refractivity contribution < 1.29 is 19.4 Å². The Bertz CT molecular complexity index is 482. The van der Waals surface area contributed by atoms with Gasteiger partial charge in [-0.05, 0) is 33.3 Å². The molecule has 0 aliphatic heterocycles. The highest BCUT2D eigenvalue weighted by atomic mass is 16.6. The fourth-order valence-corrected chi connectivity index (χ4v) is 1.60. The van der Waals surface area contributed by atoms with E-state index in [-0.39, 0.29) is 6.54 Å². The van der Waals surface area contributed by atoms with Crippen molar-refractivity contribution in [1.29, 1.82) is 0 Å². The van der Waals surface area contributed by atoms with E-state index in [4.69, 9.17) is 9.84 Å². The minimum atomic E-state index is -1.03. The smallest absolute Gasteiger partial charge is 0.422 e. The van der Waals surface area contributed by atoms with Gasteiger partial charge < -0.3 is 9.84 Å². The van der Waals surface area contributed by atoms with Crippen LogP contribution in [0.15, 0.2) is 30.3 Å². The molecule has 0 aliphatic carbocycles. The molecule has 0 fully saturated rings. The van der Waals surface area contributed by atoms with E-state index in [1.807, 2.05) is 30.3 Å². The highest BCUT2D eigenvalue weighted by molar-refractivity contribution is 5.74. The molecule has 0 heterocycles. The number of carboxylic acids is 1. The summed E-state index contributed by atoms with van der Waals surface area (Å²) in [5.74, 6) is -1.03. The van der Waals surface area contributed by atoms with Crippen LogP contribution in [-0.2, 0) is 16.1 Å². The van der Waals surface area contributed by atoms with Crippen molar-refractivity contribution in [3.8, 4) is 0 Å². The molecule has 0 spiro atoms. The lowest BCUT2D eigenvalue weighted by atomic mass is 10.2. The highest BCUT2D eigenvalue weighted by Gasteiger charge is 2.25. The SMILES string of the molecule is CC(C(=O)O)N(Cc1ccccc1)NC(=O)OC(C)(C)C. The third kappa shape index (κ3) is 6.27. The van der Waals surface area contributed by atoms with Gasteiger partial charge in [-0.1, -0.05) is 30.3 Å². The maximum absolute atomic E-state index is 11.8. The standard InChI is InChI=1S/C15H22N2O4/c1-11(13(18)19)17(10-12-8-6-5-7-9-12)16-14(20)21-15(2,3)4/h5-9,11H,10H2,1-4H3,(H,16,20)(H,18,19). The number of ether oxygens (including phenoxy) is 1. The zero-order valence-electron chi connectivity index (χ0n) is 12.8. The van der Waals surface area contributed by atoms with Gasteiger partial charge in [-0.3, -0.25) is 10.2 Å². The third-order valence-corrected chi connectivity index (χ3v) is 2.65. The minimum absolute atomic E-state index is 0.271. The highest BCUT2D eigenvalue weighted by Crippen LogP contribution is 2.10. The van der Waals surface area contributed by atoms with Gasteiger partial charge in [0.25, 0.3) is 0 Å². The van der Waals surface area contributed by atoms with E-state index in [1.54, 1.807) is 20.8 Å². The van der Waals surface area contributed by atoms with E-state index in [1.165, 1.54) is 11.9 Å². The molecule has 1 unspecified atom stereocenters. The third-order valence-electron chi connectivity index (χ3n) is 2.65. The molecule has 0 aliphatic rings. The number of hydrogen-bond donors (Lipinski definition) is 2. The number of rotatable bonds is 5. The molecule has 0 saturated heterocycles. The second kappa shape index (κ2) is 7.08. The molecule has 0 saturated carbocycles. The van der Waals surface area contributed by atoms with Crippen LogP contribution in [0.4, 0.5) is 4.79 Å². The maximum atomic E-state index is 11.8. The van der Waals surface area contributed by atoms with E-state index < -0.39 is 23.7 Å². The first-order chi connectivity index (χ1) is 9.69. The Morgan fingerprint density at radius 3 is 2.33 bits per heavy atom. The van der Waals surface area contributed by atoms with Crippen LogP contribution in [0.3, 0.4) is 0 Å². The number of amides is 1. The van der Waals surface area contributed by atoms with E-state index in [2.05, 4.69) is 5.43 Å². The van der Waals surface area contributed by atoms with Crippen molar-refractivity contribution in [1.82, 2.24) is 10.4 Å². The number of carbonyl (C=O) groups excluding carboxylic acids is 1. The number of aliphatic carboxylic acids is 1. The summed E-state index contributed by atoms with van der Waals surface area (Å²) in [6.45, 7) is 7.01. The second-order valence-electron chi connectivity index (χ2n) is 5.74. The molecule has 2 N–H and O–H groups in total. The summed E-state index contributed by atoms with van der Waals surface area (Å²) in [6.07, 6.45) is -0.675. The van der Waals surface area contributed by atoms with Gasteiger partial charge in [0.2, 0.25) is 0 Å². The number of nitrogens with one attached hydrogen (secondary N) is 1. The second-order valence-corrected chi connectivity index (χ2v) is 5.74. The normalized spacial score (nSPS) is 12.8. The van der Waals surface area contributed by atoms with Crippen molar-refractivity contribution in [2.75, 3.05) is 0 Å². The molecule has 1 aromatic carbocycles. The Kier molecular flexibility index (Phi) is 5.72. The topological polar surface area (TPSA) is 78.9 Å². The van der Waals surface area contributed by atoms with Crippen molar-refractivity contribution >= 4 is 12.1 Å². The summed E-state index contributed by atoms with van der Waals surface area (Å²) in [5.41, 5.74) is 2.74. The molecule has 0 bridgehead atoms. The van der Waals surface area contributed by atoms with E-state index in [0.29, 0.717) is 0 Å². The predicted octanol–water partition coefficient (Wildman–Crippen LogP) is 2.40. The van der Waals surface area contributed by atoms with Crippen LogP contribution in [0, 0.1) is 0 Å². The molecule has 1 amide bonds. The van der Waals surface area contributed by atoms with Crippen LogP contribution in [0.5, 0.6) is 0 Å². The first-order valence-corrected chi connectivity index (χ1v) is 6.72. The lowest BCUT2D eigenvalue weighted by Crippen LogP contribution is -2.51. The summed E-state index contributed by atoms with van der Waals surface area (Å²) in [7, 11) is 0. The van der Waals surface area contributed by atoms with Gasteiger partial charge in [0.05, 0.1) is 0 Å². The maximum Gasteiger partial charge on any atom is 0.422 e. The molecule has 6 nitrogen and oxygen atoms in total. The largest absolute Gasteiger partial charge is 0.480 e. The number of nitrogens with zero attached hydrogens (tertiary/aromatic N) is 1. The van der Waals surface area contributed by atoms with Gasteiger partial charge >= 0.3 is 12.1 Å². The number of hydrazine groups is 1. The van der Waals surface area contributed by atoms with Gasteiger partial charge in [0.15, 0.2) is 0 Å². The van der Waals surface area contributed by atoms with E-state index >= 15 is 0 Å². The average molecular weight is 294 g/mol. The first-order valence-electron chi connectivity index (χ1n) is 6.72. The summed E-state index contributed by atoms with van der Waals surface area (Å²) >= 11 is 0. The fourth-order valence-electron chi connectivity index (χ4n) is 1.60. The zero-order chi connectivity index (χ0) is 16.0. The molecule has 0 aromatic heterocycles. The summed E-state index contributed by atoms with van der Waals surface area (Å²) in [5, 5.41) is 10.5. The van der Waals surface area contributed by atoms with Crippen LogP contribution in [0.1, 0.15) is 33.3 Å². The van der Waals surface area contributed by atoms with Crippen molar-refractivity contribution in [2.45, 2.75) is 45.9 Å². The Balaban J connectivity index is 2.78. The zero-order valence-corrected chi connectivity index (χ0v) is 12.8. The lowest BCUT2D eigenvalue weighted by molar-refractivity contribution is -0.144. The number of benzene rings is 1. The molecule has 116 valence electrons. The van der Waals surface area contributed by atoms with Gasteiger partial charge in [0.1, 0.15) is 11.6 Å². The molecule has 0 radical (unpaired) electrons. The van der Waals surface area contributed by atoms with Crippen LogP contribution in [0.2, 0.25) is 0 Å². The van der Waals surface area contributed by atoms with Gasteiger partial charge in [-0.25, -0.2) is 9.80 Å². The summed E-state index contributed by atoms with van der Waals surface area (Å²) in [4.78, 5) is 23.0. The molecule has 6 heteroatoms. The number of carboxylic acid groups (broad SMARTS) is 1. The van der Waals surface area contributed by atoms with Crippen molar-refractivity contribution in [3.05, 3.63) is 35.9 Å². The Morgan fingerprint density at radius 2 is 1.86 bits per heavy atom. The van der Waals surface area contributed by atoms with Crippen LogP contribution < -0.4 is 5.43 Å².